The van der Waals surface area contributed by atoms with E-state index in [0.29, 0.717) is 75.9 Å². The molecule has 69 heavy (non-hydrogen) atoms. The monoisotopic (exact) mass is 988 g/mol. The number of ether oxygens (including phenoxy) is 4. The van der Waals surface area contributed by atoms with E-state index in [9.17, 15) is 20.4 Å². The van der Waals surface area contributed by atoms with Gasteiger partial charge in [-0.1, -0.05) is 0 Å². The Balaban J connectivity index is 0.000000187. The summed E-state index contributed by atoms with van der Waals surface area (Å²) in [6.07, 6.45) is 2.29. The van der Waals surface area contributed by atoms with E-state index >= 15 is 0 Å². The van der Waals surface area contributed by atoms with Crippen LogP contribution in [-0.2, 0) is 18.9 Å². The zero-order valence-electron chi connectivity index (χ0n) is 40.3. The highest BCUT2D eigenvalue weighted by molar-refractivity contribution is 7.22. The number of aromatic nitrogens is 8. The number of hydrogen-bond acceptors (Lipinski definition) is 22. The molecule has 0 aromatic carbocycles. The lowest BCUT2D eigenvalue weighted by atomic mass is 10.1. The second-order valence-electron chi connectivity index (χ2n) is 17.9. The fraction of sp³-hybridized carbons (Fsp3) is 0.574. The number of aryl methyl sites for hydroxylation is 4. The highest BCUT2D eigenvalue weighted by atomic mass is 32.1. The molecular weight excluding hydrogens is 925 g/mol. The number of hydrogen-bond donors (Lipinski definition) is 8. The van der Waals surface area contributed by atoms with Crippen molar-refractivity contribution in [3.05, 3.63) is 47.3 Å². The van der Waals surface area contributed by atoms with Crippen LogP contribution in [0.1, 0.15) is 63.3 Å². The first-order valence-electron chi connectivity index (χ1n) is 23.5. The van der Waals surface area contributed by atoms with E-state index in [1.807, 2.05) is 67.5 Å². The SMILES string of the molecule is CCOCCNc1nc(C)c(-c2nc3c(C)nccc3s2)c(N[C@@H]2C[C@H](CO)[C@@H](O)[C@H]2O)n1.CCOCCNc1nc(C)c(-c2nc3c(C)nccc3s2)c(N[C@@H]2C[C@H](CO)[C@H]3OC(C)(C)O[C@H]32)n1. The molecule has 3 aliphatic rings. The molecule has 20 nitrogen and oxygen atoms in total. The van der Waals surface area contributed by atoms with Gasteiger partial charge in [-0.25, -0.2) is 19.9 Å². The Labute approximate surface area is 409 Å². The van der Waals surface area contributed by atoms with Crippen LogP contribution in [0.5, 0.6) is 0 Å². The third-order valence-corrected chi connectivity index (χ3v) is 14.6. The first-order valence-corrected chi connectivity index (χ1v) is 25.2. The fourth-order valence-electron chi connectivity index (χ4n) is 9.17. The summed E-state index contributed by atoms with van der Waals surface area (Å²) in [5.74, 6) is 1.04. The molecule has 9 rings (SSSR count). The van der Waals surface area contributed by atoms with Gasteiger partial charge in [0.05, 0.1) is 80.8 Å². The number of thiazole rings is 2. The smallest absolute Gasteiger partial charge is 0.224 e. The first-order chi connectivity index (χ1) is 33.2. The first kappa shape index (κ1) is 50.5. The Bertz CT molecular complexity index is 2710. The van der Waals surface area contributed by atoms with Gasteiger partial charge in [-0.05, 0) is 80.4 Å². The second kappa shape index (κ2) is 22.0. The molecule has 1 saturated heterocycles. The molecule has 0 spiro atoms. The van der Waals surface area contributed by atoms with Gasteiger partial charge in [-0.15, -0.1) is 22.7 Å². The Morgan fingerprint density at radius 2 is 1.12 bits per heavy atom. The lowest BCUT2D eigenvalue weighted by Crippen LogP contribution is -2.35. The number of nitrogens with zero attached hydrogens (tertiary/aromatic N) is 8. The van der Waals surface area contributed by atoms with Crippen LogP contribution in [0.25, 0.3) is 41.6 Å². The van der Waals surface area contributed by atoms with Crippen LogP contribution in [-0.4, -0.2) is 155 Å². The largest absolute Gasteiger partial charge is 0.396 e. The Morgan fingerprint density at radius 1 is 0.638 bits per heavy atom. The van der Waals surface area contributed by atoms with E-state index in [1.165, 1.54) is 11.3 Å². The van der Waals surface area contributed by atoms with Crippen LogP contribution in [0.4, 0.5) is 23.5 Å². The van der Waals surface area contributed by atoms with E-state index in [-0.39, 0.29) is 37.4 Å². The van der Waals surface area contributed by atoms with E-state index in [2.05, 4.69) is 41.2 Å². The number of fused-ring (bicyclic) bond motifs is 3. The lowest BCUT2D eigenvalue weighted by molar-refractivity contribution is -0.158. The van der Waals surface area contributed by atoms with Crippen molar-refractivity contribution in [1.82, 2.24) is 39.9 Å². The molecule has 8 N–H and O–H groups in total. The molecular formula is C47H64N12O8S2. The quantitative estimate of drug-likeness (QED) is 0.0511. The van der Waals surface area contributed by atoms with Crippen LogP contribution >= 0.6 is 22.7 Å². The fourth-order valence-corrected chi connectivity index (χ4v) is 11.4. The van der Waals surface area contributed by atoms with Gasteiger partial charge in [0.2, 0.25) is 11.9 Å². The third-order valence-electron chi connectivity index (χ3n) is 12.6. The molecule has 0 bridgehead atoms. The molecule has 3 fully saturated rings. The number of nitrogens with one attached hydrogen (secondary N) is 4. The third kappa shape index (κ3) is 11.2. The van der Waals surface area contributed by atoms with Crippen molar-refractivity contribution in [2.24, 2.45) is 11.8 Å². The second-order valence-corrected chi connectivity index (χ2v) is 19.9. The maximum Gasteiger partial charge on any atom is 0.224 e. The summed E-state index contributed by atoms with van der Waals surface area (Å²) in [5, 5.41) is 55.3. The highest BCUT2D eigenvalue weighted by Gasteiger charge is 2.54. The Morgan fingerprint density at radius 3 is 1.58 bits per heavy atom. The summed E-state index contributed by atoms with van der Waals surface area (Å²) in [5.41, 5.74) is 6.58. The number of aliphatic hydroxyl groups is 4. The minimum Gasteiger partial charge on any atom is -0.396 e. The molecule has 2 saturated carbocycles. The summed E-state index contributed by atoms with van der Waals surface area (Å²) in [7, 11) is 0. The number of aliphatic hydroxyl groups excluding tert-OH is 4. The van der Waals surface area contributed by atoms with Crippen molar-refractivity contribution in [1.29, 1.82) is 0 Å². The predicted octanol–water partition coefficient (Wildman–Crippen LogP) is 5.25. The van der Waals surface area contributed by atoms with E-state index in [1.54, 1.807) is 23.7 Å². The minimum absolute atomic E-state index is 0.0133. The van der Waals surface area contributed by atoms with Gasteiger partial charge in [0.25, 0.3) is 0 Å². The molecule has 22 heteroatoms. The predicted molar refractivity (Wildman–Crippen MR) is 267 cm³/mol. The molecule has 2 aliphatic carbocycles. The topological polar surface area (TPSA) is 269 Å². The van der Waals surface area contributed by atoms with Crippen molar-refractivity contribution < 1.29 is 39.4 Å². The number of anilines is 4. The zero-order chi connectivity index (χ0) is 49.0. The molecule has 7 heterocycles. The van der Waals surface area contributed by atoms with E-state index in [4.69, 9.17) is 38.9 Å². The summed E-state index contributed by atoms with van der Waals surface area (Å²) in [6, 6.07) is 3.35. The molecule has 0 amide bonds. The van der Waals surface area contributed by atoms with Gasteiger partial charge in [-0.3, -0.25) is 9.97 Å². The maximum atomic E-state index is 10.6. The van der Waals surface area contributed by atoms with Crippen LogP contribution in [0.3, 0.4) is 0 Å². The van der Waals surface area contributed by atoms with E-state index < -0.39 is 30.0 Å². The van der Waals surface area contributed by atoms with Crippen molar-refractivity contribution in [3.8, 4) is 21.1 Å². The molecule has 0 unspecified atom stereocenters. The summed E-state index contributed by atoms with van der Waals surface area (Å²) in [4.78, 5) is 37.3. The summed E-state index contributed by atoms with van der Waals surface area (Å²) < 4.78 is 25.3. The molecule has 372 valence electrons. The van der Waals surface area contributed by atoms with Crippen molar-refractivity contribution >= 4 is 66.6 Å². The zero-order valence-corrected chi connectivity index (χ0v) is 41.9. The average molecular weight is 989 g/mol. The molecule has 8 atom stereocenters. The number of rotatable bonds is 18. The number of pyridine rings is 2. The average Bonchev–Trinajstić information content (AvgIpc) is 4.14. The normalized spacial score (nSPS) is 23.8. The van der Waals surface area contributed by atoms with Crippen LogP contribution < -0.4 is 21.3 Å². The Hall–Kier alpha value is -4.88. The van der Waals surface area contributed by atoms with Gasteiger partial charge in [0.1, 0.15) is 44.9 Å². The van der Waals surface area contributed by atoms with Crippen molar-refractivity contribution in [2.45, 2.75) is 111 Å². The Kier molecular flexibility index (Phi) is 16.1. The van der Waals surface area contributed by atoms with Gasteiger partial charge in [0, 0.05) is 63.7 Å². The van der Waals surface area contributed by atoms with Crippen molar-refractivity contribution in [3.63, 3.8) is 0 Å². The summed E-state index contributed by atoms with van der Waals surface area (Å²) in [6.45, 7) is 18.9. The lowest BCUT2D eigenvalue weighted by Gasteiger charge is -2.25. The van der Waals surface area contributed by atoms with Gasteiger partial charge < -0.3 is 60.6 Å². The van der Waals surface area contributed by atoms with Gasteiger partial charge >= 0.3 is 0 Å². The molecule has 6 aromatic heterocycles. The molecule has 6 aromatic rings. The maximum absolute atomic E-state index is 10.6. The van der Waals surface area contributed by atoms with E-state index in [0.717, 1.165) is 64.4 Å². The standard InChI is InChI=1S/C25H34N6O4S.C22H30N6O4S/c1-6-33-10-9-27-24-28-13(2)18(23-30-19-14(3)26-8-7-17(19)36-23)22(31-24)29-16-11-15(12-32)20-21(16)35-25(4,5)34-20;1-4-32-8-7-24-22-25-11(2)16(21-27-17-12(3)23-6-5-15(17)33-21)20(28-22)26-14-9-13(10-29)18(30)19(14)31/h7-8,15-16,20-21,32H,6,9-12H2,1-5H3,(H2,27,28,29,31);5-6,13-14,18-19,29-31H,4,7-10H2,1-3H3,(H2,24,25,26,28)/t15-,16-,20-,21+;13-,14-,18-,19+/m11/s1. The van der Waals surface area contributed by atoms with Gasteiger partial charge in [0.15, 0.2) is 5.79 Å². The van der Waals surface area contributed by atoms with Crippen LogP contribution in [0.2, 0.25) is 0 Å². The van der Waals surface area contributed by atoms with Crippen molar-refractivity contribution in [2.75, 3.05) is 74.0 Å². The molecule has 0 radical (unpaired) electrons. The van der Waals surface area contributed by atoms with Crippen LogP contribution in [0.15, 0.2) is 24.5 Å². The molecule has 1 aliphatic heterocycles. The summed E-state index contributed by atoms with van der Waals surface area (Å²) >= 11 is 3.12. The van der Waals surface area contributed by atoms with Gasteiger partial charge in [-0.2, -0.15) is 9.97 Å². The highest BCUT2D eigenvalue weighted by Crippen LogP contribution is 2.45. The van der Waals surface area contributed by atoms with Crippen LogP contribution in [0, 0.1) is 39.5 Å². The minimum atomic E-state index is -1.03.